The number of benzene rings is 2. The van der Waals surface area contributed by atoms with Gasteiger partial charge in [0, 0.05) is 22.2 Å². The highest BCUT2D eigenvalue weighted by atomic mass is 35.5. The molecule has 1 N–H and O–H groups in total. The van der Waals surface area contributed by atoms with E-state index >= 15 is 0 Å². The van der Waals surface area contributed by atoms with E-state index in [1.807, 2.05) is 6.92 Å². The Morgan fingerprint density at radius 3 is 2.65 bits per heavy atom. The largest absolute Gasteiger partial charge is 0.497 e. The molecule has 0 radical (unpaired) electrons. The fourth-order valence-electron chi connectivity index (χ4n) is 2.65. The van der Waals surface area contributed by atoms with Gasteiger partial charge in [-0.3, -0.25) is 9.59 Å². The molecule has 0 saturated carbocycles. The number of carbonyl (C=O) groups excluding carboxylic acids is 2. The Bertz CT molecular complexity index is 991. The normalized spacial score (nSPS) is 12.0. The van der Waals surface area contributed by atoms with Crippen LogP contribution in [0.4, 0.5) is 5.69 Å². The van der Waals surface area contributed by atoms with Crippen molar-refractivity contribution >= 4 is 39.9 Å². The summed E-state index contributed by atoms with van der Waals surface area (Å²) in [6.45, 7) is 3.42. The number of furan rings is 1. The van der Waals surface area contributed by atoms with Crippen LogP contribution >= 0.6 is 11.6 Å². The molecular weight excluding hydrogens is 354 g/mol. The van der Waals surface area contributed by atoms with Gasteiger partial charge in [-0.05, 0) is 44.2 Å². The van der Waals surface area contributed by atoms with E-state index in [2.05, 4.69) is 5.32 Å². The standard InChI is InChI=1S/C20H18ClNO4/c1-11-16-10-14(22-20(24)12(2)21)7-8-17(16)26-19(11)18(23)13-5-4-6-15(9-13)25-3/h4-10,12H,1-3H3,(H,22,24). The van der Waals surface area contributed by atoms with Crippen molar-refractivity contribution in [2.75, 3.05) is 12.4 Å². The Hall–Kier alpha value is -2.79. The summed E-state index contributed by atoms with van der Waals surface area (Å²) in [5.74, 6) is 0.352. The lowest BCUT2D eigenvalue weighted by atomic mass is 10.0. The summed E-state index contributed by atoms with van der Waals surface area (Å²) in [5.41, 5.74) is 2.36. The molecule has 0 aliphatic carbocycles. The van der Waals surface area contributed by atoms with Crippen molar-refractivity contribution in [3.05, 3.63) is 59.4 Å². The van der Waals surface area contributed by atoms with Crippen LogP contribution in [0.1, 0.15) is 28.6 Å². The van der Waals surface area contributed by atoms with E-state index in [0.717, 1.165) is 5.39 Å². The molecule has 3 aromatic rings. The zero-order valence-electron chi connectivity index (χ0n) is 14.6. The lowest BCUT2D eigenvalue weighted by Crippen LogP contribution is -2.20. The Kier molecular flexibility index (Phi) is 5.00. The smallest absolute Gasteiger partial charge is 0.242 e. The maximum absolute atomic E-state index is 12.8. The zero-order valence-corrected chi connectivity index (χ0v) is 15.4. The minimum absolute atomic E-state index is 0.224. The van der Waals surface area contributed by atoms with Crippen molar-refractivity contribution in [2.24, 2.45) is 0 Å². The molecule has 0 aliphatic rings. The van der Waals surface area contributed by atoms with Gasteiger partial charge in [0.05, 0.1) is 7.11 Å². The Morgan fingerprint density at radius 1 is 1.19 bits per heavy atom. The first-order valence-corrected chi connectivity index (χ1v) is 8.51. The highest BCUT2D eigenvalue weighted by molar-refractivity contribution is 6.32. The summed E-state index contributed by atoms with van der Waals surface area (Å²) in [5, 5.41) is 2.85. The molecule has 26 heavy (non-hydrogen) atoms. The first-order valence-electron chi connectivity index (χ1n) is 8.07. The molecule has 1 unspecified atom stereocenters. The van der Waals surface area contributed by atoms with Crippen molar-refractivity contribution < 1.29 is 18.7 Å². The molecule has 0 aliphatic heterocycles. The molecule has 0 saturated heterocycles. The molecule has 5 nitrogen and oxygen atoms in total. The molecule has 6 heteroatoms. The maximum Gasteiger partial charge on any atom is 0.242 e. The van der Waals surface area contributed by atoms with Crippen LogP contribution < -0.4 is 10.1 Å². The number of halogens is 1. The number of amides is 1. The second-order valence-electron chi connectivity index (χ2n) is 5.93. The van der Waals surface area contributed by atoms with Crippen LogP contribution in [0.2, 0.25) is 0 Å². The van der Waals surface area contributed by atoms with Crippen LogP contribution in [0.3, 0.4) is 0 Å². The summed E-state index contributed by atoms with van der Waals surface area (Å²) in [7, 11) is 1.55. The Balaban J connectivity index is 1.98. The molecule has 0 spiro atoms. The van der Waals surface area contributed by atoms with Crippen LogP contribution in [0, 0.1) is 6.92 Å². The predicted octanol–water partition coefficient (Wildman–Crippen LogP) is 4.55. The quantitative estimate of drug-likeness (QED) is 0.527. The van der Waals surface area contributed by atoms with Crippen LogP contribution in [0.15, 0.2) is 46.9 Å². The number of carbonyl (C=O) groups is 2. The first kappa shape index (κ1) is 18.0. The number of alkyl halides is 1. The number of rotatable bonds is 5. The molecular formula is C20H18ClNO4. The zero-order chi connectivity index (χ0) is 18.8. The van der Waals surface area contributed by atoms with E-state index in [1.54, 1.807) is 56.5 Å². The summed E-state index contributed by atoms with van der Waals surface area (Å²) < 4.78 is 10.9. The van der Waals surface area contributed by atoms with Crippen molar-refractivity contribution in [3.63, 3.8) is 0 Å². The van der Waals surface area contributed by atoms with Crippen LogP contribution in [-0.4, -0.2) is 24.2 Å². The third-order valence-corrected chi connectivity index (χ3v) is 4.30. The third-order valence-electron chi connectivity index (χ3n) is 4.10. The molecule has 134 valence electrons. The molecule has 0 bridgehead atoms. The van der Waals surface area contributed by atoms with Gasteiger partial charge in [-0.2, -0.15) is 0 Å². The number of aryl methyl sites for hydroxylation is 1. The number of hydrogen-bond acceptors (Lipinski definition) is 4. The van der Waals surface area contributed by atoms with E-state index in [9.17, 15) is 9.59 Å². The van der Waals surface area contributed by atoms with Gasteiger partial charge in [0.1, 0.15) is 16.7 Å². The van der Waals surface area contributed by atoms with Crippen LogP contribution in [0.25, 0.3) is 11.0 Å². The second-order valence-corrected chi connectivity index (χ2v) is 6.59. The molecule has 1 amide bonds. The molecule has 1 atom stereocenters. The van der Waals surface area contributed by atoms with Gasteiger partial charge in [0.15, 0.2) is 5.76 Å². The summed E-state index contributed by atoms with van der Waals surface area (Å²) in [6, 6.07) is 12.1. The lowest BCUT2D eigenvalue weighted by Gasteiger charge is -2.06. The van der Waals surface area contributed by atoms with Gasteiger partial charge in [-0.25, -0.2) is 0 Å². The number of nitrogens with one attached hydrogen (secondary N) is 1. The van der Waals surface area contributed by atoms with Gasteiger partial charge >= 0.3 is 0 Å². The number of hydrogen-bond donors (Lipinski definition) is 1. The van der Waals surface area contributed by atoms with Gasteiger partial charge in [-0.15, -0.1) is 11.6 Å². The summed E-state index contributed by atoms with van der Waals surface area (Å²) in [6.07, 6.45) is 0. The van der Waals surface area contributed by atoms with E-state index in [1.165, 1.54) is 0 Å². The number of anilines is 1. The molecule has 1 aromatic heterocycles. The van der Waals surface area contributed by atoms with E-state index in [0.29, 0.717) is 28.1 Å². The number of fused-ring (bicyclic) bond motifs is 1. The minimum Gasteiger partial charge on any atom is -0.497 e. The Labute approximate surface area is 155 Å². The van der Waals surface area contributed by atoms with Crippen molar-refractivity contribution in [1.82, 2.24) is 0 Å². The topological polar surface area (TPSA) is 68.5 Å². The second kappa shape index (κ2) is 7.22. The van der Waals surface area contributed by atoms with E-state index in [-0.39, 0.29) is 17.5 Å². The maximum atomic E-state index is 12.8. The minimum atomic E-state index is -0.638. The highest BCUT2D eigenvalue weighted by Crippen LogP contribution is 2.30. The van der Waals surface area contributed by atoms with Crippen LogP contribution in [-0.2, 0) is 4.79 Å². The van der Waals surface area contributed by atoms with Gasteiger partial charge in [0.2, 0.25) is 11.7 Å². The monoisotopic (exact) mass is 371 g/mol. The average Bonchev–Trinajstić information content (AvgIpc) is 2.97. The summed E-state index contributed by atoms with van der Waals surface area (Å²) in [4.78, 5) is 24.6. The molecule has 0 fully saturated rings. The number of methoxy groups -OCH3 is 1. The van der Waals surface area contributed by atoms with E-state index in [4.69, 9.17) is 20.8 Å². The van der Waals surface area contributed by atoms with E-state index < -0.39 is 5.38 Å². The van der Waals surface area contributed by atoms with Crippen molar-refractivity contribution in [2.45, 2.75) is 19.2 Å². The fraction of sp³-hybridized carbons (Fsp3) is 0.200. The fourth-order valence-corrected chi connectivity index (χ4v) is 2.71. The molecule has 1 heterocycles. The average molecular weight is 372 g/mol. The Morgan fingerprint density at radius 2 is 1.96 bits per heavy atom. The highest BCUT2D eigenvalue weighted by Gasteiger charge is 2.20. The van der Waals surface area contributed by atoms with Gasteiger partial charge < -0.3 is 14.5 Å². The number of ether oxygens (including phenoxy) is 1. The van der Waals surface area contributed by atoms with Gasteiger partial charge in [-0.1, -0.05) is 12.1 Å². The molecule has 2 aromatic carbocycles. The summed E-state index contributed by atoms with van der Waals surface area (Å²) >= 11 is 5.78. The SMILES string of the molecule is COc1cccc(C(=O)c2oc3ccc(NC(=O)C(C)Cl)cc3c2C)c1. The lowest BCUT2D eigenvalue weighted by molar-refractivity contribution is -0.115. The van der Waals surface area contributed by atoms with Crippen LogP contribution in [0.5, 0.6) is 5.75 Å². The van der Waals surface area contributed by atoms with Crippen molar-refractivity contribution in [3.8, 4) is 5.75 Å². The first-order chi connectivity index (χ1) is 12.4. The van der Waals surface area contributed by atoms with Crippen molar-refractivity contribution in [1.29, 1.82) is 0 Å². The predicted molar refractivity (Wildman–Crippen MR) is 101 cm³/mol. The van der Waals surface area contributed by atoms with Gasteiger partial charge in [0.25, 0.3) is 0 Å². The number of ketones is 1. The third kappa shape index (κ3) is 3.44. The molecule has 3 rings (SSSR count).